The van der Waals surface area contributed by atoms with Gasteiger partial charge in [0.15, 0.2) is 5.78 Å². The maximum atomic E-state index is 12.5. The average Bonchev–Trinajstić information content (AvgIpc) is 3.38. The van der Waals surface area contributed by atoms with E-state index in [4.69, 9.17) is 9.47 Å². The van der Waals surface area contributed by atoms with Gasteiger partial charge in [-0.1, -0.05) is 93.0 Å². The van der Waals surface area contributed by atoms with E-state index in [0.29, 0.717) is 30.6 Å². The van der Waals surface area contributed by atoms with Gasteiger partial charge in [-0.05, 0) is 95.1 Å². The number of allylic oxidation sites excluding steroid dienone is 15. The van der Waals surface area contributed by atoms with Gasteiger partial charge < -0.3 is 14.6 Å². The number of aliphatic hydroxyl groups excluding tert-OH is 1. The highest BCUT2D eigenvalue weighted by molar-refractivity contribution is 5.93. The van der Waals surface area contributed by atoms with Crippen LogP contribution in [0.25, 0.3) is 0 Å². The molecule has 4 atom stereocenters. The van der Waals surface area contributed by atoms with Gasteiger partial charge in [0.2, 0.25) is 0 Å². The summed E-state index contributed by atoms with van der Waals surface area (Å²) in [7, 11) is 0. The van der Waals surface area contributed by atoms with Crippen molar-refractivity contribution in [3.05, 3.63) is 107 Å². The zero-order chi connectivity index (χ0) is 33.2. The van der Waals surface area contributed by atoms with Crippen LogP contribution >= 0.6 is 0 Å². The summed E-state index contributed by atoms with van der Waals surface area (Å²) < 4.78 is 11.8. The Labute approximate surface area is 270 Å². The van der Waals surface area contributed by atoms with Crippen LogP contribution in [0.5, 0.6) is 0 Å². The molecule has 0 radical (unpaired) electrons. The van der Waals surface area contributed by atoms with Crippen LogP contribution < -0.4 is 0 Å². The van der Waals surface area contributed by atoms with Crippen molar-refractivity contribution in [2.24, 2.45) is 16.7 Å². The summed E-state index contributed by atoms with van der Waals surface area (Å²) in [5, 5.41) is 10.3. The molecule has 45 heavy (non-hydrogen) atoms. The van der Waals surface area contributed by atoms with Gasteiger partial charge in [-0.2, -0.15) is 0 Å². The quantitative estimate of drug-likeness (QED) is 0.151. The van der Waals surface area contributed by atoms with Gasteiger partial charge in [0.1, 0.15) is 17.0 Å². The highest BCUT2D eigenvalue weighted by atomic mass is 16.6. The highest BCUT2D eigenvalue weighted by Gasteiger charge is 2.74. The van der Waals surface area contributed by atoms with Crippen LogP contribution in [0.4, 0.5) is 0 Å². The number of hydrogen-bond donors (Lipinski definition) is 1. The number of carbonyl (C=O) groups excluding carboxylic acids is 2. The van der Waals surface area contributed by atoms with Gasteiger partial charge in [-0.3, -0.25) is 4.79 Å². The van der Waals surface area contributed by atoms with Crippen molar-refractivity contribution in [1.29, 1.82) is 0 Å². The highest BCUT2D eigenvalue weighted by Crippen LogP contribution is 2.66. The number of cyclic esters (lactones) is 1. The van der Waals surface area contributed by atoms with Crippen LogP contribution in [0.3, 0.4) is 0 Å². The lowest BCUT2D eigenvalue weighted by molar-refractivity contribution is -0.133. The third-order valence-corrected chi connectivity index (χ3v) is 10.0. The molecule has 2 aliphatic heterocycles. The molecule has 4 rings (SSSR count). The minimum absolute atomic E-state index is 0.105. The number of aliphatic hydroxyl groups is 1. The van der Waals surface area contributed by atoms with E-state index in [1.807, 2.05) is 44.2 Å². The number of esters is 1. The van der Waals surface area contributed by atoms with Crippen LogP contribution in [0, 0.1) is 16.7 Å². The molecule has 0 aromatic heterocycles. The van der Waals surface area contributed by atoms with E-state index in [1.54, 1.807) is 6.08 Å². The van der Waals surface area contributed by atoms with Crippen LogP contribution in [0.2, 0.25) is 0 Å². The molecule has 2 aliphatic carbocycles. The number of ether oxygens (including phenoxy) is 2. The summed E-state index contributed by atoms with van der Waals surface area (Å²) in [6.45, 7) is 18.9. The van der Waals surface area contributed by atoms with Crippen molar-refractivity contribution < 1.29 is 24.2 Å². The predicted molar refractivity (Wildman–Crippen MR) is 182 cm³/mol. The smallest absolute Gasteiger partial charge is 0.339 e. The van der Waals surface area contributed by atoms with Crippen molar-refractivity contribution in [1.82, 2.24) is 0 Å². The molecule has 2 heterocycles. The number of rotatable bonds is 10. The first-order valence-electron chi connectivity index (χ1n) is 16.3. The molecule has 0 amide bonds. The second-order valence-corrected chi connectivity index (χ2v) is 15.0. The number of carbonyl (C=O) groups is 2. The lowest BCUT2D eigenvalue weighted by Gasteiger charge is -2.39. The molecular formula is C40H52O5. The normalized spacial score (nSPS) is 32.8. The SMILES string of the molecule is CC1=CC(=O)CC(C)(C)[C@H]1CCC1=C/C(=C/C(C)=C/C=C/C=C(C)/C=C/C=C(C)/C=C/[C@@]23O[C@]2(C)C[C@@H](O)CC3(C)C)OC1=O. The Hall–Kier alpha value is -3.28. The second-order valence-electron chi connectivity index (χ2n) is 15.0. The summed E-state index contributed by atoms with van der Waals surface area (Å²) in [5.41, 5.74) is 4.21. The summed E-state index contributed by atoms with van der Waals surface area (Å²) in [6.07, 6.45) is 27.2. The van der Waals surface area contributed by atoms with E-state index in [2.05, 4.69) is 84.9 Å². The zero-order valence-electron chi connectivity index (χ0n) is 28.7. The number of epoxide rings is 1. The Bertz CT molecular complexity index is 1480. The van der Waals surface area contributed by atoms with Crippen LogP contribution in [0.1, 0.15) is 94.4 Å². The molecule has 242 valence electrons. The Morgan fingerprint density at radius 3 is 2.22 bits per heavy atom. The topological polar surface area (TPSA) is 76.1 Å². The molecule has 0 unspecified atom stereocenters. The van der Waals surface area contributed by atoms with Gasteiger partial charge >= 0.3 is 5.97 Å². The zero-order valence-corrected chi connectivity index (χ0v) is 28.7. The molecule has 4 aliphatic rings. The van der Waals surface area contributed by atoms with Crippen LogP contribution in [-0.4, -0.2) is 34.2 Å². The van der Waals surface area contributed by atoms with Crippen LogP contribution in [-0.2, 0) is 19.1 Å². The number of fused-ring (bicyclic) bond motifs is 1. The first kappa shape index (κ1) is 34.6. The molecule has 0 aromatic carbocycles. The Kier molecular flexibility index (Phi) is 10.2. The fourth-order valence-corrected chi connectivity index (χ4v) is 7.66. The van der Waals surface area contributed by atoms with Gasteiger partial charge in [0.25, 0.3) is 0 Å². The third kappa shape index (κ3) is 7.93. The third-order valence-electron chi connectivity index (χ3n) is 10.0. The maximum absolute atomic E-state index is 12.5. The first-order valence-corrected chi connectivity index (χ1v) is 16.3. The van der Waals surface area contributed by atoms with Crippen molar-refractivity contribution in [2.45, 2.75) is 112 Å². The van der Waals surface area contributed by atoms with Crippen molar-refractivity contribution in [3.63, 3.8) is 0 Å². The largest absolute Gasteiger partial charge is 0.423 e. The van der Waals surface area contributed by atoms with Gasteiger partial charge in [0, 0.05) is 23.8 Å². The van der Waals surface area contributed by atoms with E-state index < -0.39 is 0 Å². The molecule has 5 nitrogen and oxygen atoms in total. The molecule has 0 spiro atoms. The lowest BCUT2D eigenvalue weighted by atomic mass is 9.63. The fraction of sp³-hybridized carbons (Fsp3) is 0.500. The van der Waals surface area contributed by atoms with Gasteiger partial charge in [0.05, 0.1) is 6.10 Å². The molecule has 0 bridgehead atoms. The molecule has 0 aromatic rings. The monoisotopic (exact) mass is 612 g/mol. The van der Waals surface area contributed by atoms with E-state index in [1.165, 1.54) is 0 Å². The minimum atomic E-state index is -0.315. The van der Waals surface area contributed by atoms with Crippen molar-refractivity contribution in [3.8, 4) is 0 Å². The molecule has 1 saturated heterocycles. The lowest BCUT2D eigenvalue weighted by Crippen LogP contribution is -2.46. The number of ketones is 1. The van der Waals surface area contributed by atoms with Crippen molar-refractivity contribution in [2.75, 3.05) is 0 Å². The summed E-state index contributed by atoms with van der Waals surface area (Å²) in [5.74, 6) is 0.742. The average molecular weight is 613 g/mol. The van der Waals surface area contributed by atoms with Crippen molar-refractivity contribution >= 4 is 11.8 Å². The first-order chi connectivity index (χ1) is 21.0. The van der Waals surface area contributed by atoms with E-state index >= 15 is 0 Å². The van der Waals surface area contributed by atoms with E-state index in [0.717, 1.165) is 35.1 Å². The van der Waals surface area contributed by atoms with Crippen LogP contribution in [0.15, 0.2) is 107 Å². The molecule has 1 N–H and O–H groups in total. The van der Waals surface area contributed by atoms with Gasteiger partial charge in [-0.15, -0.1) is 0 Å². The Morgan fingerprint density at radius 2 is 1.56 bits per heavy atom. The Balaban J connectivity index is 1.29. The van der Waals surface area contributed by atoms with Gasteiger partial charge in [-0.25, -0.2) is 4.79 Å². The fourth-order valence-electron chi connectivity index (χ4n) is 7.66. The Morgan fingerprint density at radius 1 is 0.911 bits per heavy atom. The standard InChI is InChI=1S/C40H52O5/c1-27(15-12-16-28(2)19-20-40-38(7,8)25-33(42)26-39(40,9)45-40)13-10-11-14-29(3)21-34-23-31(36(43)44-34)17-18-35-30(4)22-32(41)24-37(35,5)6/h10-16,19-23,33,35,42H,17-18,24-26H2,1-9H3/b11-10+,15-12+,20-19+,27-13+,28-16+,29-14+,34-21-/t33-,35-,39+,40-/m0/s1. The molecule has 2 fully saturated rings. The number of hydrogen-bond acceptors (Lipinski definition) is 5. The molecular weight excluding hydrogens is 560 g/mol. The second kappa shape index (κ2) is 13.2. The summed E-state index contributed by atoms with van der Waals surface area (Å²) in [6, 6.07) is 0. The molecule has 5 heteroatoms. The summed E-state index contributed by atoms with van der Waals surface area (Å²) in [4.78, 5) is 24.5. The maximum Gasteiger partial charge on any atom is 0.339 e. The predicted octanol–water partition coefficient (Wildman–Crippen LogP) is 8.91. The minimum Gasteiger partial charge on any atom is -0.423 e. The summed E-state index contributed by atoms with van der Waals surface area (Å²) >= 11 is 0. The molecule has 1 saturated carbocycles. The van der Waals surface area contributed by atoms with E-state index in [9.17, 15) is 14.7 Å². The van der Waals surface area contributed by atoms with E-state index in [-0.39, 0.29) is 45.8 Å².